The minimum atomic E-state index is -3.43. The first-order valence-corrected chi connectivity index (χ1v) is 9.83. The van der Waals surface area contributed by atoms with Crippen molar-refractivity contribution in [3.63, 3.8) is 0 Å². The van der Waals surface area contributed by atoms with E-state index in [2.05, 4.69) is 26.0 Å². The standard InChI is InChI=1S/C14H15BrN2O3S2/c15-12-6-8-21-13(12)14(18)16-7-9-22(19,20)17-10-11-4-2-1-3-5-11/h1-6,8,17H,7,9-10H2,(H,16,18). The first-order valence-electron chi connectivity index (χ1n) is 6.50. The zero-order valence-corrected chi connectivity index (χ0v) is 14.8. The molecule has 0 saturated carbocycles. The van der Waals surface area contributed by atoms with Crippen molar-refractivity contribution in [1.82, 2.24) is 10.0 Å². The largest absolute Gasteiger partial charge is 0.350 e. The monoisotopic (exact) mass is 402 g/mol. The highest BCUT2D eigenvalue weighted by molar-refractivity contribution is 9.10. The van der Waals surface area contributed by atoms with E-state index in [4.69, 9.17) is 0 Å². The molecule has 1 amide bonds. The van der Waals surface area contributed by atoms with Gasteiger partial charge in [0.15, 0.2) is 0 Å². The molecule has 0 aliphatic heterocycles. The van der Waals surface area contributed by atoms with Crippen molar-refractivity contribution in [2.75, 3.05) is 12.3 Å². The van der Waals surface area contributed by atoms with Crippen molar-refractivity contribution < 1.29 is 13.2 Å². The minimum absolute atomic E-state index is 0.0628. The number of nitrogens with one attached hydrogen (secondary N) is 2. The van der Waals surface area contributed by atoms with Crippen molar-refractivity contribution in [2.24, 2.45) is 0 Å². The van der Waals surface area contributed by atoms with E-state index in [1.807, 2.05) is 30.3 Å². The highest BCUT2D eigenvalue weighted by Crippen LogP contribution is 2.22. The zero-order chi connectivity index (χ0) is 16.0. The van der Waals surface area contributed by atoms with E-state index < -0.39 is 10.0 Å². The van der Waals surface area contributed by atoms with Crippen molar-refractivity contribution in [2.45, 2.75) is 6.54 Å². The molecule has 0 radical (unpaired) electrons. The first-order chi connectivity index (χ1) is 10.5. The van der Waals surface area contributed by atoms with Gasteiger partial charge in [-0.05, 0) is 32.9 Å². The lowest BCUT2D eigenvalue weighted by molar-refractivity contribution is 0.0959. The number of halogens is 1. The second kappa shape index (κ2) is 7.87. The van der Waals surface area contributed by atoms with Crippen molar-refractivity contribution in [1.29, 1.82) is 0 Å². The van der Waals surface area contributed by atoms with Gasteiger partial charge in [0, 0.05) is 17.6 Å². The molecule has 0 fully saturated rings. The van der Waals surface area contributed by atoms with Gasteiger partial charge < -0.3 is 5.32 Å². The van der Waals surface area contributed by atoms with E-state index in [1.165, 1.54) is 11.3 Å². The van der Waals surface area contributed by atoms with Crippen LogP contribution in [0.1, 0.15) is 15.2 Å². The van der Waals surface area contributed by atoms with E-state index in [0.717, 1.165) is 5.56 Å². The van der Waals surface area contributed by atoms with Gasteiger partial charge in [0.2, 0.25) is 10.0 Å². The van der Waals surface area contributed by atoms with Gasteiger partial charge in [0.1, 0.15) is 4.88 Å². The van der Waals surface area contributed by atoms with Crippen LogP contribution in [0.15, 0.2) is 46.3 Å². The molecule has 5 nitrogen and oxygen atoms in total. The summed E-state index contributed by atoms with van der Waals surface area (Å²) in [6.45, 7) is 0.306. The second-order valence-electron chi connectivity index (χ2n) is 4.48. The van der Waals surface area contributed by atoms with E-state index in [0.29, 0.717) is 9.35 Å². The second-order valence-corrected chi connectivity index (χ2v) is 8.18. The Bertz CT molecular complexity index is 730. The molecule has 0 unspecified atom stereocenters. The molecule has 0 atom stereocenters. The molecule has 2 aromatic rings. The summed E-state index contributed by atoms with van der Waals surface area (Å²) in [4.78, 5) is 12.4. The minimum Gasteiger partial charge on any atom is -0.350 e. The Labute approximate surface area is 141 Å². The summed E-state index contributed by atoms with van der Waals surface area (Å²) in [5.74, 6) is -0.436. The van der Waals surface area contributed by atoms with Crippen molar-refractivity contribution in [3.05, 3.63) is 56.7 Å². The molecule has 0 saturated heterocycles. The predicted octanol–water partition coefficient (Wildman–Crippen LogP) is 2.36. The quantitative estimate of drug-likeness (QED) is 0.746. The fraction of sp³-hybridized carbons (Fsp3) is 0.214. The van der Waals surface area contributed by atoms with Crippen LogP contribution in [0.3, 0.4) is 0 Å². The molecular formula is C14H15BrN2O3S2. The summed E-state index contributed by atoms with van der Waals surface area (Å²) in [6, 6.07) is 11.0. The van der Waals surface area contributed by atoms with Crippen LogP contribution in [0.5, 0.6) is 0 Å². The number of sulfonamides is 1. The van der Waals surface area contributed by atoms with Crippen LogP contribution in [-0.2, 0) is 16.6 Å². The number of benzene rings is 1. The van der Waals surface area contributed by atoms with Crippen LogP contribution in [0, 0.1) is 0 Å². The Morgan fingerprint density at radius 3 is 2.55 bits per heavy atom. The third-order valence-corrected chi connectivity index (χ3v) is 5.98. The van der Waals surface area contributed by atoms with Gasteiger partial charge in [0.05, 0.1) is 5.75 Å². The van der Waals surface area contributed by atoms with Crippen LogP contribution >= 0.6 is 27.3 Å². The van der Waals surface area contributed by atoms with Crippen LogP contribution in [0.4, 0.5) is 0 Å². The van der Waals surface area contributed by atoms with Gasteiger partial charge in [-0.3, -0.25) is 4.79 Å². The fourth-order valence-corrected chi connectivity index (χ4v) is 4.07. The van der Waals surface area contributed by atoms with Gasteiger partial charge in [-0.2, -0.15) is 0 Å². The lowest BCUT2D eigenvalue weighted by Crippen LogP contribution is -2.34. The number of thiophene rings is 1. The maximum atomic E-state index is 11.9. The number of carbonyl (C=O) groups is 1. The Morgan fingerprint density at radius 1 is 1.18 bits per heavy atom. The van der Waals surface area contributed by atoms with Crippen LogP contribution in [0.25, 0.3) is 0 Å². The Balaban J connectivity index is 1.78. The summed E-state index contributed by atoms with van der Waals surface area (Å²) in [7, 11) is -3.43. The number of rotatable bonds is 7. The summed E-state index contributed by atoms with van der Waals surface area (Å²) in [5.41, 5.74) is 0.887. The molecule has 2 rings (SSSR count). The maximum absolute atomic E-state index is 11.9. The Kier molecular flexibility index (Phi) is 6.13. The Morgan fingerprint density at radius 2 is 1.91 bits per heavy atom. The summed E-state index contributed by atoms with van der Waals surface area (Å²) in [5, 5.41) is 4.39. The third kappa shape index (κ3) is 5.20. The molecule has 1 heterocycles. The molecule has 8 heteroatoms. The van der Waals surface area contributed by atoms with Gasteiger partial charge >= 0.3 is 0 Å². The van der Waals surface area contributed by atoms with Gasteiger partial charge in [-0.1, -0.05) is 30.3 Å². The lowest BCUT2D eigenvalue weighted by atomic mass is 10.2. The molecule has 0 spiro atoms. The molecular weight excluding hydrogens is 388 g/mol. The van der Waals surface area contributed by atoms with Gasteiger partial charge in [0.25, 0.3) is 5.91 Å². The highest BCUT2D eigenvalue weighted by Gasteiger charge is 2.14. The SMILES string of the molecule is O=C(NCCS(=O)(=O)NCc1ccccc1)c1sccc1Br. The number of amides is 1. The summed E-state index contributed by atoms with van der Waals surface area (Å²) < 4.78 is 27.0. The summed E-state index contributed by atoms with van der Waals surface area (Å²) >= 11 is 4.57. The van der Waals surface area contributed by atoms with Crippen LogP contribution in [-0.4, -0.2) is 26.6 Å². The zero-order valence-electron chi connectivity index (χ0n) is 11.6. The summed E-state index contributed by atoms with van der Waals surface area (Å²) in [6.07, 6.45) is 0. The maximum Gasteiger partial charge on any atom is 0.262 e. The molecule has 0 aliphatic carbocycles. The smallest absolute Gasteiger partial charge is 0.262 e. The highest BCUT2D eigenvalue weighted by atomic mass is 79.9. The molecule has 0 bridgehead atoms. The van der Waals surface area contributed by atoms with Gasteiger partial charge in [-0.25, -0.2) is 13.1 Å². The lowest BCUT2D eigenvalue weighted by Gasteiger charge is -2.08. The normalized spacial score (nSPS) is 11.3. The average Bonchev–Trinajstić information content (AvgIpc) is 2.92. The molecule has 1 aromatic carbocycles. The molecule has 22 heavy (non-hydrogen) atoms. The van der Waals surface area contributed by atoms with Crippen LogP contribution < -0.4 is 10.0 Å². The Hall–Kier alpha value is -1.22. The topological polar surface area (TPSA) is 75.3 Å². The predicted molar refractivity (Wildman–Crippen MR) is 91.4 cm³/mol. The third-order valence-electron chi connectivity index (χ3n) is 2.82. The van der Waals surface area contributed by atoms with E-state index in [9.17, 15) is 13.2 Å². The number of hydrogen-bond acceptors (Lipinski definition) is 4. The van der Waals surface area contributed by atoms with Gasteiger partial charge in [-0.15, -0.1) is 11.3 Å². The molecule has 2 N–H and O–H groups in total. The first kappa shape index (κ1) is 17.1. The van der Waals surface area contributed by atoms with E-state index in [1.54, 1.807) is 11.4 Å². The van der Waals surface area contributed by atoms with E-state index >= 15 is 0 Å². The fourth-order valence-electron chi connectivity index (χ4n) is 1.70. The number of carbonyl (C=O) groups excluding carboxylic acids is 1. The van der Waals surface area contributed by atoms with E-state index in [-0.39, 0.29) is 24.7 Å². The average molecular weight is 403 g/mol. The van der Waals surface area contributed by atoms with Crippen molar-refractivity contribution >= 4 is 43.2 Å². The molecule has 118 valence electrons. The van der Waals surface area contributed by atoms with Crippen LogP contribution in [0.2, 0.25) is 0 Å². The molecule has 1 aromatic heterocycles. The molecule has 0 aliphatic rings. The van der Waals surface area contributed by atoms with Crippen molar-refractivity contribution in [3.8, 4) is 0 Å². The number of hydrogen-bond donors (Lipinski definition) is 2.